The Hall–Kier alpha value is -2.48. The molecule has 0 aliphatic heterocycles. The highest BCUT2D eigenvalue weighted by Gasteiger charge is 2.08. The van der Waals surface area contributed by atoms with Gasteiger partial charge in [0.25, 0.3) is 0 Å². The van der Waals surface area contributed by atoms with E-state index < -0.39 is 0 Å². The summed E-state index contributed by atoms with van der Waals surface area (Å²) in [5, 5.41) is 0. The Balaban J connectivity index is 1.91. The molecule has 3 aromatic carbocycles. The molecule has 0 aliphatic carbocycles. The molecule has 0 atom stereocenters. The lowest BCUT2D eigenvalue weighted by Gasteiger charge is -2.08. The van der Waals surface area contributed by atoms with Gasteiger partial charge in [-0.3, -0.25) is 0 Å². The summed E-state index contributed by atoms with van der Waals surface area (Å²) in [6, 6.07) is 19.2. The molecule has 0 aromatic heterocycles. The van der Waals surface area contributed by atoms with Crippen molar-refractivity contribution in [3.8, 4) is 22.3 Å². The maximum absolute atomic E-state index is 14.5. The van der Waals surface area contributed by atoms with Gasteiger partial charge in [-0.1, -0.05) is 61.9 Å². The van der Waals surface area contributed by atoms with E-state index in [9.17, 15) is 8.78 Å². The zero-order valence-corrected chi connectivity index (χ0v) is 13.0. The molecule has 116 valence electrons. The van der Waals surface area contributed by atoms with E-state index in [1.807, 2.05) is 30.3 Å². The highest BCUT2D eigenvalue weighted by atomic mass is 19.1. The summed E-state index contributed by atoms with van der Waals surface area (Å²) in [5.41, 5.74) is 4.26. The Morgan fingerprint density at radius 2 is 1.30 bits per heavy atom. The molecule has 2 heteroatoms. The van der Waals surface area contributed by atoms with Gasteiger partial charge in [-0.2, -0.15) is 0 Å². The van der Waals surface area contributed by atoms with E-state index >= 15 is 0 Å². The molecule has 3 rings (SSSR count). The molecule has 0 fully saturated rings. The van der Waals surface area contributed by atoms with Crippen LogP contribution in [0.3, 0.4) is 0 Å². The van der Waals surface area contributed by atoms with Gasteiger partial charge >= 0.3 is 0 Å². The molecule has 23 heavy (non-hydrogen) atoms. The van der Waals surface area contributed by atoms with Gasteiger partial charge in [-0.25, -0.2) is 8.78 Å². The molecule has 0 spiro atoms. The van der Waals surface area contributed by atoms with E-state index in [2.05, 4.69) is 6.92 Å². The van der Waals surface area contributed by atoms with Crippen LogP contribution >= 0.6 is 0 Å². The summed E-state index contributed by atoms with van der Waals surface area (Å²) in [6.07, 6.45) is 2.13. The van der Waals surface area contributed by atoms with E-state index in [-0.39, 0.29) is 11.6 Å². The van der Waals surface area contributed by atoms with E-state index in [0.717, 1.165) is 29.5 Å². The first-order chi connectivity index (χ1) is 11.2. The van der Waals surface area contributed by atoms with Gasteiger partial charge in [0.15, 0.2) is 0 Å². The minimum atomic E-state index is -0.294. The Morgan fingerprint density at radius 3 is 1.91 bits per heavy atom. The molecule has 0 N–H and O–H groups in total. The number of hydrogen-bond acceptors (Lipinski definition) is 0. The summed E-state index contributed by atoms with van der Waals surface area (Å²) in [7, 11) is 0. The van der Waals surface area contributed by atoms with Gasteiger partial charge in [0.05, 0.1) is 0 Å². The number of rotatable bonds is 4. The predicted octanol–water partition coefficient (Wildman–Crippen LogP) is 6.25. The molecule has 0 saturated heterocycles. The van der Waals surface area contributed by atoms with Gasteiger partial charge < -0.3 is 0 Å². The summed E-state index contributed by atoms with van der Waals surface area (Å²) >= 11 is 0. The molecule has 0 radical (unpaired) electrons. The molecular formula is C21H18F2. The fraction of sp³-hybridized carbons (Fsp3) is 0.143. The monoisotopic (exact) mass is 308 g/mol. The van der Waals surface area contributed by atoms with Crippen LogP contribution in [0.4, 0.5) is 8.78 Å². The van der Waals surface area contributed by atoms with Crippen LogP contribution in [0.15, 0.2) is 66.7 Å². The van der Waals surface area contributed by atoms with Crippen molar-refractivity contribution in [2.45, 2.75) is 19.8 Å². The fourth-order valence-electron chi connectivity index (χ4n) is 2.71. The van der Waals surface area contributed by atoms with Crippen LogP contribution < -0.4 is 0 Å². The van der Waals surface area contributed by atoms with Crippen LogP contribution in [0.1, 0.15) is 18.9 Å². The second-order valence-corrected chi connectivity index (χ2v) is 5.65. The highest BCUT2D eigenvalue weighted by Crippen LogP contribution is 2.28. The first-order valence-electron chi connectivity index (χ1n) is 7.82. The molecule has 3 aromatic rings. The minimum absolute atomic E-state index is 0.268. The Bertz CT molecular complexity index is 787. The van der Waals surface area contributed by atoms with Crippen molar-refractivity contribution < 1.29 is 8.78 Å². The van der Waals surface area contributed by atoms with Crippen molar-refractivity contribution in [2.24, 2.45) is 0 Å². The van der Waals surface area contributed by atoms with E-state index in [1.165, 1.54) is 23.8 Å². The van der Waals surface area contributed by atoms with Gasteiger partial charge in [0.1, 0.15) is 11.6 Å². The standard InChI is InChI=1S/C21H18F2/c1-2-3-15-4-6-17(7-5-15)20-13-10-18(14-21(20)23)16-8-11-19(22)12-9-16/h4-14H,2-3H2,1H3. The van der Waals surface area contributed by atoms with Crippen molar-refractivity contribution in [3.05, 3.63) is 83.9 Å². The Morgan fingerprint density at radius 1 is 0.696 bits per heavy atom. The third kappa shape index (κ3) is 3.48. The van der Waals surface area contributed by atoms with E-state index in [0.29, 0.717) is 5.56 Å². The third-order valence-corrected chi connectivity index (χ3v) is 3.95. The van der Waals surface area contributed by atoms with Crippen LogP contribution in [0.5, 0.6) is 0 Å². The molecule has 0 heterocycles. The van der Waals surface area contributed by atoms with Crippen molar-refractivity contribution in [1.82, 2.24) is 0 Å². The smallest absolute Gasteiger partial charge is 0.131 e. The summed E-state index contributed by atoms with van der Waals surface area (Å²) in [5.74, 6) is -0.562. The zero-order valence-electron chi connectivity index (χ0n) is 13.0. The second-order valence-electron chi connectivity index (χ2n) is 5.65. The number of aryl methyl sites for hydroxylation is 1. The van der Waals surface area contributed by atoms with Crippen LogP contribution in [0.25, 0.3) is 22.3 Å². The number of hydrogen-bond donors (Lipinski definition) is 0. The van der Waals surface area contributed by atoms with Crippen molar-refractivity contribution in [3.63, 3.8) is 0 Å². The lowest BCUT2D eigenvalue weighted by molar-refractivity contribution is 0.628. The molecule has 0 aliphatic rings. The first kappa shape index (κ1) is 15.4. The van der Waals surface area contributed by atoms with Gasteiger partial charge in [-0.05, 0) is 46.9 Å². The molecule has 0 bridgehead atoms. The SMILES string of the molecule is CCCc1ccc(-c2ccc(-c3ccc(F)cc3)cc2F)cc1. The molecule has 0 nitrogen and oxygen atoms in total. The second kappa shape index (κ2) is 6.74. The lowest BCUT2D eigenvalue weighted by atomic mass is 9.98. The molecule has 0 amide bonds. The zero-order chi connectivity index (χ0) is 16.2. The van der Waals surface area contributed by atoms with E-state index in [1.54, 1.807) is 18.2 Å². The van der Waals surface area contributed by atoms with Gasteiger partial charge in [0, 0.05) is 5.56 Å². The first-order valence-corrected chi connectivity index (χ1v) is 7.82. The summed E-state index contributed by atoms with van der Waals surface area (Å²) in [4.78, 5) is 0. The molecular weight excluding hydrogens is 290 g/mol. The average molecular weight is 308 g/mol. The number of halogens is 2. The van der Waals surface area contributed by atoms with Crippen LogP contribution in [-0.4, -0.2) is 0 Å². The summed E-state index contributed by atoms with van der Waals surface area (Å²) < 4.78 is 27.5. The van der Waals surface area contributed by atoms with Gasteiger partial charge in [0.2, 0.25) is 0 Å². The van der Waals surface area contributed by atoms with Crippen molar-refractivity contribution in [1.29, 1.82) is 0 Å². The largest absolute Gasteiger partial charge is 0.207 e. The quantitative estimate of drug-likeness (QED) is 0.534. The van der Waals surface area contributed by atoms with Crippen LogP contribution in [-0.2, 0) is 6.42 Å². The predicted molar refractivity (Wildman–Crippen MR) is 91.2 cm³/mol. The molecule has 0 saturated carbocycles. The van der Waals surface area contributed by atoms with E-state index in [4.69, 9.17) is 0 Å². The van der Waals surface area contributed by atoms with Crippen LogP contribution in [0, 0.1) is 11.6 Å². The van der Waals surface area contributed by atoms with Gasteiger partial charge in [-0.15, -0.1) is 0 Å². The lowest BCUT2D eigenvalue weighted by Crippen LogP contribution is -1.88. The Labute approximate surface area is 135 Å². The average Bonchev–Trinajstić information content (AvgIpc) is 2.57. The summed E-state index contributed by atoms with van der Waals surface area (Å²) in [6.45, 7) is 2.14. The minimum Gasteiger partial charge on any atom is -0.207 e. The third-order valence-electron chi connectivity index (χ3n) is 3.95. The topological polar surface area (TPSA) is 0 Å². The normalized spacial score (nSPS) is 10.7. The maximum atomic E-state index is 14.5. The highest BCUT2D eigenvalue weighted by molar-refractivity contribution is 5.71. The maximum Gasteiger partial charge on any atom is 0.131 e. The Kier molecular flexibility index (Phi) is 4.52. The van der Waals surface area contributed by atoms with Crippen LogP contribution in [0.2, 0.25) is 0 Å². The molecule has 0 unspecified atom stereocenters. The van der Waals surface area contributed by atoms with Crippen molar-refractivity contribution in [2.75, 3.05) is 0 Å². The van der Waals surface area contributed by atoms with Crippen molar-refractivity contribution >= 4 is 0 Å². The number of benzene rings is 3. The fourth-order valence-corrected chi connectivity index (χ4v) is 2.71.